The van der Waals surface area contributed by atoms with Crippen LogP contribution >= 0.6 is 11.6 Å². The summed E-state index contributed by atoms with van der Waals surface area (Å²) in [5.41, 5.74) is 0.539. The van der Waals surface area contributed by atoms with Crippen LogP contribution in [0.25, 0.3) is 0 Å². The third-order valence-corrected chi connectivity index (χ3v) is 7.22. The monoisotopic (exact) mass is 470 g/mol. The summed E-state index contributed by atoms with van der Waals surface area (Å²) >= 11 is 6.11. The minimum atomic E-state index is -3.89. The Hall–Kier alpha value is -2.49. The molecular formula is C21H24ClFN2O5S. The van der Waals surface area contributed by atoms with E-state index in [1.807, 2.05) is 0 Å². The number of nitrogens with one attached hydrogen (secondary N) is 1. The van der Waals surface area contributed by atoms with Crippen LogP contribution in [0.3, 0.4) is 0 Å². The van der Waals surface area contributed by atoms with Gasteiger partial charge in [0.15, 0.2) is 0 Å². The molecule has 1 N–H and O–H groups in total. The number of sulfonamides is 1. The van der Waals surface area contributed by atoms with Crippen molar-refractivity contribution in [2.24, 2.45) is 0 Å². The summed E-state index contributed by atoms with van der Waals surface area (Å²) < 4.78 is 44.9. The number of hydrogen-bond donors (Lipinski definition) is 1. The molecule has 31 heavy (non-hydrogen) atoms. The number of halogens is 2. The van der Waals surface area contributed by atoms with Gasteiger partial charge in [0.1, 0.15) is 10.7 Å². The zero-order chi connectivity index (χ0) is 23.2. The van der Waals surface area contributed by atoms with Crippen molar-refractivity contribution >= 4 is 33.5 Å². The number of carbonyl (C=O) groups is 2. The summed E-state index contributed by atoms with van der Waals surface area (Å²) in [7, 11) is -2.67. The summed E-state index contributed by atoms with van der Waals surface area (Å²) in [5, 5.41) is 2.67. The van der Waals surface area contributed by atoms with Crippen molar-refractivity contribution in [1.82, 2.24) is 9.62 Å². The van der Waals surface area contributed by atoms with Crippen LogP contribution in [-0.2, 0) is 19.6 Å². The first kappa shape index (κ1) is 24.8. The lowest BCUT2D eigenvalue weighted by Gasteiger charge is -2.21. The van der Waals surface area contributed by atoms with Crippen LogP contribution in [0.1, 0.15) is 42.2 Å². The molecule has 0 spiro atoms. The van der Waals surface area contributed by atoms with Crippen LogP contribution in [0, 0.1) is 5.82 Å². The van der Waals surface area contributed by atoms with E-state index in [-0.39, 0.29) is 35.0 Å². The molecule has 2 rings (SSSR count). The third kappa shape index (κ3) is 6.03. The summed E-state index contributed by atoms with van der Waals surface area (Å²) in [6.07, 6.45) is -0.188. The second-order valence-electron chi connectivity index (χ2n) is 6.59. The van der Waals surface area contributed by atoms with E-state index in [9.17, 15) is 22.4 Å². The molecule has 0 heterocycles. The second-order valence-corrected chi connectivity index (χ2v) is 8.91. The first-order valence-electron chi connectivity index (χ1n) is 9.56. The second kappa shape index (κ2) is 10.7. The molecule has 0 saturated carbocycles. The quantitative estimate of drug-likeness (QED) is 0.566. The molecule has 2 aromatic carbocycles. The Labute approximate surface area is 186 Å². The normalized spacial score (nSPS) is 12.5. The van der Waals surface area contributed by atoms with Gasteiger partial charge >= 0.3 is 5.97 Å². The first-order valence-corrected chi connectivity index (χ1v) is 11.4. The number of rotatable bonds is 9. The number of carbonyl (C=O) groups excluding carboxylic acids is 2. The smallest absolute Gasteiger partial charge is 0.307 e. The van der Waals surface area contributed by atoms with Crippen molar-refractivity contribution in [2.75, 3.05) is 20.2 Å². The van der Waals surface area contributed by atoms with Gasteiger partial charge in [-0.05, 0) is 35.9 Å². The fourth-order valence-corrected chi connectivity index (χ4v) is 4.94. The minimum absolute atomic E-state index is 0.00639. The Morgan fingerprint density at radius 1 is 1.13 bits per heavy atom. The van der Waals surface area contributed by atoms with Crippen LogP contribution in [0.5, 0.6) is 0 Å². The van der Waals surface area contributed by atoms with Crippen LogP contribution in [0.4, 0.5) is 4.39 Å². The molecule has 168 valence electrons. The van der Waals surface area contributed by atoms with Crippen molar-refractivity contribution < 1.29 is 27.1 Å². The predicted octanol–water partition coefficient (Wildman–Crippen LogP) is 3.54. The van der Waals surface area contributed by atoms with Crippen LogP contribution in [0.15, 0.2) is 47.4 Å². The fourth-order valence-electron chi connectivity index (χ4n) is 2.98. The maximum Gasteiger partial charge on any atom is 0.307 e. The maximum absolute atomic E-state index is 13.3. The first-order chi connectivity index (χ1) is 14.6. The van der Waals surface area contributed by atoms with Gasteiger partial charge in [-0.1, -0.05) is 37.6 Å². The molecule has 2 aromatic rings. The van der Waals surface area contributed by atoms with Crippen molar-refractivity contribution in [2.45, 2.75) is 31.2 Å². The van der Waals surface area contributed by atoms with Gasteiger partial charge in [0.2, 0.25) is 10.0 Å². The molecule has 1 atom stereocenters. The molecule has 10 heteroatoms. The zero-order valence-corrected chi connectivity index (χ0v) is 19.0. The SMILES string of the molecule is CCN(CC)S(=O)(=O)c1cc(C(=O)NC(CC(=O)OC)c2ccc(F)cc2)ccc1Cl. The predicted molar refractivity (Wildman–Crippen MR) is 115 cm³/mol. The topological polar surface area (TPSA) is 92.8 Å². The Balaban J connectivity index is 2.38. The molecule has 0 aromatic heterocycles. The van der Waals surface area contributed by atoms with Crippen LogP contribution in [0.2, 0.25) is 5.02 Å². The highest BCUT2D eigenvalue weighted by Gasteiger charge is 2.26. The van der Waals surface area contributed by atoms with Gasteiger partial charge in [-0.2, -0.15) is 4.31 Å². The van der Waals surface area contributed by atoms with Crippen LogP contribution in [-0.4, -0.2) is 44.8 Å². The fraction of sp³-hybridized carbons (Fsp3) is 0.333. The number of methoxy groups -OCH3 is 1. The Morgan fingerprint density at radius 2 is 1.74 bits per heavy atom. The highest BCUT2D eigenvalue weighted by atomic mass is 35.5. The lowest BCUT2D eigenvalue weighted by atomic mass is 10.0. The lowest BCUT2D eigenvalue weighted by Crippen LogP contribution is -2.32. The third-order valence-electron chi connectivity index (χ3n) is 4.69. The number of benzene rings is 2. The lowest BCUT2D eigenvalue weighted by molar-refractivity contribution is -0.141. The van der Waals surface area contributed by atoms with Gasteiger partial charge in [0.25, 0.3) is 5.91 Å². The minimum Gasteiger partial charge on any atom is -0.469 e. The molecule has 7 nitrogen and oxygen atoms in total. The van der Waals surface area contributed by atoms with Gasteiger partial charge in [0, 0.05) is 18.7 Å². The summed E-state index contributed by atoms with van der Waals surface area (Å²) in [6, 6.07) is 8.43. The highest BCUT2D eigenvalue weighted by Crippen LogP contribution is 2.26. The molecule has 0 fully saturated rings. The highest BCUT2D eigenvalue weighted by molar-refractivity contribution is 7.89. The summed E-state index contributed by atoms with van der Waals surface area (Å²) in [4.78, 5) is 24.5. The number of esters is 1. The van der Waals surface area contributed by atoms with Crippen molar-refractivity contribution in [3.63, 3.8) is 0 Å². The van der Waals surface area contributed by atoms with E-state index < -0.39 is 33.8 Å². The zero-order valence-electron chi connectivity index (χ0n) is 17.4. The van der Waals surface area contributed by atoms with E-state index in [0.717, 1.165) is 0 Å². The molecule has 0 aliphatic heterocycles. The van der Waals surface area contributed by atoms with Gasteiger partial charge < -0.3 is 10.1 Å². The molecule has 0 aliphatic rings. The molecule has 0 saturated heterocycles. The number of hydrogen-bond acceptors (Lipinski definition) is 5. The molecular weight excluding hydrogens is 447 g/mol. The largest absolute Gasteiger partial charge is 0.469 e. The van der Waals surface area contributed by atoms with E-state index in [2.05, 4.69) is 10.1 Å². The van der Waals surface area contributed by atoms with Gasteiger partial charge in [0.05, 0.1) is 24.6 Å². The summed E-state index contributed by atoms with van der Waals surface area (Å²) in [6.45, 7) is 3.89. The van der Waals surface area contributed by atoms with E-state index >= 15 is 0 Å². The molecule has 0 radical (unpaired) electrons. The molecule has 0 bridgehead atoms. The van der Waals surface area contributed by atoms with Gasteiger partial charge in [-0.3, -0.25) is 9.59 Å². The summed E-state index contributed by atoms with van der Waals surface area (Å²) in [5.74, 6) is -1.66. The number of ether oxygens (including phenoxy) is 1. The molecule has 1 unspecified atom stereocenters. The van der Waals surface area contributed by atoms with E-state index in [1.165, 1.54) is 53.9 Å². The average Bonchev–Trinajstić information content (AvgIpc) is 2.74. The average molecular weight is 471 g/mol. The Kier molecular flexibility index (Phi) is 8.55. The number of amides is 1. The van der Waals surface area contributed by atoms with Crippen molar-refractivity contribution in [3.05, 3.63) is 64.4 Å². The Bertz CT molecular complexity index is 1040. The molecule has 1 amide bonds. The van der Waals surface area contributed by atoms with Gasteiger partial charge in [-0.25, -0.2) is 12.8 Å². The maximum atomic E-state index is 13.3. The van der Waals surface area contributed by atoms with Crippen LogP contribution < -0.4 is 5.32 Å². The van der Waals surface area contributed by atoms with Crippen molar-refractivity contribution in [3.8, 4) is 0 Å². The van der Waals surface area contributed by atoms with Crippen molar-refractivity contribution in [1.29, 1.82) is 0 Å². The van der Waals surface area contributed by atoms with E-state index in [1.54, 1.807) is 13.8 Å². The van der Waals surface area contributed by atoms with E-state index in [4.69, 9.17) is 11.6 Å². The number of nitrogens with zero attached hydrogens (tertiary/aromatic N) is 1. The molecule has 0 aliphatic carbocycles. The van der Waals surface area contributed by atoms with Gasteiger partial charge in [-0.15, -0.1) is 0 Å². The standard InChI is InChI=1S/C21H24ClFN2O5S/c1-4-25(5-2)31(28,29)19-12-15(8-11-17(19)22)21(27)24-18(13-20(26)30-3)14-6-9-16(23)10-7-14/h6-12,18H,4-5,13H2,1-3H3,(H,24,27). The van der Waals surface area contributed by atoms with E-state index in [0.29, 0.717) is 5.56 Å². The Morgan fingerprint density at radius 3 is 2.29 bits per heavy atom.